The molecule has 222 valence electrons. The van der Waals surface area contributed by atoms with Gasteiger partial charge in [0.15, 0.2) is 0 Å². The van der Waals surface area contributed by atoms with Gasteiger partial charge in [0.1, 0.15) is 5.75 Å². The summed E-state index contributed by atoms with van der Waals surface area (Å²) in [7, 11) is 0. The number of phenols is 1. The Kier molecular flexibility index (Phi) is 16.4. The molecule has 0 aliphatic rings. The quantitative estimate of drug-likeness (QED) is 0.0867. The number of phenolic OH excluding ortho intramolecular Hbond substituents is 1. The van der Waals surface area contributed by atoms with Gasteiger partial charge < -0.3 is 9.84 Å². The molecular weight excluding hydrogens is 484 g/mol. The Balaban J connectivity index is 2.25. The van der Waals surface area contributed by atoms with Gasteiger partial charge in [-0.1, -0.05) is 124 Å². The number of aryl methyl sites for hydroxylation is 1. The maximum atomic E-state index is 12.3. The molecule has 0 saturated carbocycles. The van der Waals surface area contributed by atoms with Gasteiger partial charge in [0.2, 0.25) is 0 Å². The summed E-state index contributed by atoms with van der Waals surface area (Å²) in [6.07, 6.45) is 21.3. The van der Waals surface area contributed by atoms with Crippen molar-refractivity contribution in [2.45, 2.75) is 162 Å². The van der Waals surface area contributed by atoms with E-state index in [-0.39, 0.29) is 17.3 Å². The number of ether oxygens (including phenoxy) is 1. The van der Waals surface area contributed by atoms with E-state index in [4.69, 9.17) is 4.74 Å². The zero-order valence-corrected chi connectivity index (χ0v) is 26.3. The van der Waals surface area contributed by atoms with Crippen molar-refractivity contribution in [3.8, 4) is 5.75 Å². The number of rotatable bonds is 18. The van der Waals surface area contributed by atoms with Crippen LogP contribution >= 0.6 is 0 Å². The molecule has 4 heteroatoms. The van der Waals surface area contributed by atoms with Crippen LogP contribution in [-0.2, 0) is 31.6 Å². The van der Waals surface area contributed by atoms with Gasteiger partial charge in [0.05, 0.1) is 6.42 Å². The van der Waals surface area contributed by atoms with E-state index in [0.29, 0.717) is 18.6 Å². The molecule has 0 bridgehead atoms. The van der Waals surface area contributed by atoms with Gasteiger partial charge in [-0.15, -0.1) is 0 Å². The normalized spacial score (nSPS) is 12.3. The third-order valence-electron chi connectivity index (χ3n) is 7.27. The number of aromatic hydroxyl groups is 1. The fourth-order valence-electron chi connectivity index (χ4n) is 4.80. The fourth-order valence-corrected chi connectivity index (χ4v) is 4.80. The Morgan fingerprint density at radius 3 is 1.62 bits per heavy atom. The average molecular weight is 543 g/mol. The number of carbonyl (C=O) groups excluding carboxylic acids is 2. The van der Waals surface area contributed by atoms with Gasteiger partial charge in [-0.3, -0.25) is 9.59 Å². The van der Waals surface area contributed by atoms with Gasteiger partial charge in [-0.2, -0.15) is 0 Å². The lowest BCUT2D eigenvalue weighted by Crippen LogP contribution is -2.18. The Hall–Kier alpha value is -2.10. The maximum absolute atomic E-state index is 12.3. The van der Waals surface area contributed by atoms with Crippen molar-refractivity contribution in [1.29, 1.82) is 0 Å². The molecule has 1 rings (SSSR count). The summed E-state index contributed by atoms with van der Waals surface area (Å²) in [5.41, 5.74) is 2.28. The van der Waals surface area contributed by atoms with Crippen LogP contribution < -0.4 is 0 Å². The molecule has 0 unspecified atom stereocenters. The number of carbonyl (C=O) groups is 2. The van der Waals surface area contributed by atoms with Crippen LogP contribution in [0.15, 0.2) is 24.3 Å². The molecule has 0 radical (unpaired) electrons. The average Bonchev–Trinajstić information content (AvgIpc) is 2.84. The summed E-state index contributed by atoms with van der Waals surface area (Å²) < 4.78 is 5.07. The number of unbranched alkanes of at least 4 members (excludes halogenated alkanes) is 11. The first-order valence-electron chi connectivity index (χ1n) is 15.6. The first-order chi connectivity index (χ1) is 18.4. The van der Waals surface area contributed by atoms with Crippen molar-refractivity contribution in [2.75, 3.05) is 0 Å². The van der Waals surface area contributed by atoms with Crippen molar-refractivity contribution >= 4 is 11.9 Å². The maximum Gasteiger partial charge on any atom is 0.313 e. The monoisotopic (exact) mass is 542 g/mol. The summed E-state index contributed by atoms with van der Waals surface area (Å²) >= 11 is 0. The molecule has 1 aromatic rings. The Labute approximate surface area is 240 Å². The summed E-state index contributed by atoms with van der Waals surface area (Å²) in [5, 5.41) is 10.9. The van der Waals surface area contributed by atoms with E-state index >= 15 is 0 Å². The van der Waals surface area contributed by atoms with E-state index in [1.165, 1.54) is 57.8 Å². The van der Waals surface area contributed by atoms with Crippen LogP contribution in [0.25, 0.3) is 0 Å². The summed E-state index contributed by atoms with van der Waals surface area (Å²) in [4.78, 5) is 24.4. The lowest BCUT2D eigenvalue weighted by atomic mass is 9.78. The second-order valence-electron chi connectivity index (χ2n) is 13.2. The number of esters is 2. The second kappa shape index (κ2) is 18.3. The highest BCUT2D eigenvalue weighted by atomic mass is 16.6. The molecule has 39 heavy (non-hydrogen) atoms. The van der Waals surface area contributed by atoms with Crippen LogP contribution in [0.4, 0.5) is 0 Å². The minimum atomic E-state index is -0.476. The summed E-state index contributed by atoms with van der Waals surface area (Å²) in [6.45, 7) is 14.7. The lowest BCUT2D eigenvalue weighted by Gasteiger charge is -2.28. The van der Waals surface area contributed by atoms with Crippen LogP contribution in [0.1, 0.15) is 161 Å². The van der Waals surface area contributed by atoms with Gasteiger partial charge in [-0.05, 0) is 66.0 Å². The molecular formula is C35H58O4. The first-order valence-corrected chi connectivity index (χ1v) is 15.6. The zero-order valence-electron chi connectivity index (χ0n) is 26.3. The van der Waals surface area contributed by atoms with E-state index in [1.54, 1.807) is 0 Å². The van der Waals surface area contributed by atoms with E-state index in [0.717, 1.165) is 42.4 Å². The molecule has 0 spiro atoms. The van der Waals surface area contributed by atoms with Crippen molar-refractivity contribution in [3.05, 3.63) is 41.0 Å². The van der Waals surface area contributed by atoms with Gasteiger partial charge in [-0.25, -0.2) is 0 Å². The molecule has 0 aromatic heterocycles. The van der Waals surface area contributed by atoms with Crippen molar-refractivity contribution in [3.63, 3.8) is 0 Å². The molecule has 1 N–H and O–H groups in total. The fraction of sp³-hybridized carbons (Fsp3) is 0.714. The molecule has 0 aliphatic carbocycles. The van der Waals surface area contributed by atoms with Crippen LogP contribution in [0.3, 0.4) is 0 Å². The molecule has 0 saturated heterocycles. The van der Waals surface area contributed by atoms with Crippen LogP contribution in [0.5, 0.6) is 5.75 Å². The lowest BCUT2D eigenvalue weighted by molar-refractivity contribution is -0.159. The smallest absolute Gasteiger partial charge is 0.313 e. The summed E-state index contributed by atoms with van der Waals surface area (Å²) in [5.74, 6) is -0.569. The number of hydrogen-bond acceptors (Lipinski definition) is 4. The first kappa shape index (κ1) is 34.9. The topological polar surface area (TPSA) is 63.6 Å². The van der Waals surface area contributed by atoms with E-state index in [1.807, 2.05) is 12.1 Å². The second-order valence-corrected chi connectivity index (χ2v) is 13.2. The molecule has 4 nitrogen and oxygen atoms in total. The third-order valence-corrected chi connectivity index (χ3v) is 7.27. The highest BCUT2D eigenvalue weighted by Gasteiger charge is 2.26. The van der Waals surface area contributed by atoms with Gasteiger partial charge in [0, 0.05) is 6.42 Å². The third kappa shape index (κ3) is 15.3. The predicted octanol–water partition coefficient (Wildman–Crippen LogP) is 10.0. The van der Waals surface area contributed by atoms with E-state index < -0.39 is 11.9 Å². The van der Waals surface area contributed by atoms with Gasteiger partial charge >= 0.3 is 11.9 Å². The number of hydrogen-bond donors (Lipinski definition) is 1. The molecule has 0 fully saturated rings. The van der Waals surface area contributed by atoms with E-state index in [2.05, 4.69) is 60.6 Å². The Morgan fingerprint density at radius 2 is 1.13 bits per heavy atom. The largest absolute Gasteiger partial charge is 0.507 e. The summed E-state index contributed by atoms with van der Waals surface area (Å²) in [6, 6.07) is 3.95. The Morgan fingerprint density at radius 1 is 0.692 bits per heavy atom. The highest BCUT2D eigenvalue weighted by Crippen LogP contribution is 2.40. The van der Waals surface area contributed by atoms with E-state index in [9.17, 15) is 14.7 Å². The number of benzene rings is 1. The SMILES string of the molecule is CCCCCCCC/C=C\CCCCCCCC(=O)OC(=O)CCc1cc(C(C)(C)C)c(O)c(C(C)(C)C)c1. The highest BCUT2D eigenvalue weighted by molar-refractivity contribution is 5.85. The zero-order chi connectivity index (χ0) is 29.3. The van der Waals surface area contributed by atoms with Gasteiger partial charge in [0.25, 0.3) is 0 Å². The minimum absolute atomic E-state index is 0.149. The van der Waals surface area contributed by atoms with Crippen molar-refractivity contribution < 1.29 is 19.4 Å². The van der Waals surface area contributed by atoms with Crippen LogP contribution in [0, 0.1) is 0 Å². The molecule has 0 heterocycles. The Bertz CT molecular complexity index is 848. The standard InChI is InChI=1S/C35H58O4/c1-8-9-10-11-12-13-14-15-16-17-18-19-20-21-22-23-31(36)39-32(37)25-24-28-26-29(34(2,3)4)33(38)30(27-28)35(5,6)7/h15-16,26-27,38H,8-14,17-25H2,1-7H3/b16-15-. The van der Waals surface area contributed by atoms with Crippen molar-refractivity contribution in [1.82, 2.24) is 0 Å². The minimum Gasteiger partial charge on any atom is -0.507 e. The molecule has 0 amide bonds. The van der Waals surface area contributed by atoms with Crippen LogP contribution in [0.2, 0.25) is 0 Å². The predicted molar refractivity (Wildman–Crippen MR) is 164 cm³/mol. The van der Waals surface area contributed by atoms with Crippen LogP contribution in [-0.4, -0.2) is 17.0 Å². The molecule has 1 aromatic carbocycles. The number of allylic oxidation sites excluding steroid dienone is 2. The molecule has 0 atom stereocenters. The molecule has 0 aliphatic heterocycles. The van der Waals surface area contributed by atoms with Crippen molar-refractivity contribution in [2.24, 2.45) is 0 Å².